The van der Waals surface area contributed by atoms with Crippen molar-refractivity contribution in [1.82, 2.24) is 0 Å². The molecule has 0 aliphatic carbocycles. The van der Waals surface area contributed by atoms with Crippen LogP contribution in [0.3, 0.4) is 0 Å². The van der Waals surface area contributed by atoms with Gasteiger partial charge in [0.25, 0.3) is 0 Å². The molecule has 31 valence electrons. The molecule has 0 unspecified atom stereocenters. The maximum Gasteiger partial charge on any atom is 0 e. The molecule has 0 heterocycles. The third-order valence-corrected chi connectivity index (χ3v) is 2.02. The van der Waals surface area contributed by atoms with Crippen LogP contribution >= 0.6 is 0 Å². The van der Waals surface area contributed by atoms with Crippen molar-refractivity contribution in [1.29, 1.82) is 0 Å². The summed E-state index contributed by atoms with van der Waals surface area (Å²) in [5, 5.41) is 0. The van der Waals surface area contributed by atoms with Gasteiger partial charge in [0.05, 0.1) is 0 Å². The molecule has 1 radical (unpaired) electrons. The molecule has 0 atom stereocenters. The minimum absolute atomic E-state index is 0. The Hall–Kier alpha value is 2.69. The van der Waals surface area contributed by atoms with Crippen molar-refractivity contribution in [3.05, 3.63) is 0 Å². The molecule has 0 aliphatic heterocycles. The van der Waals surface area contributed by atoms with Crippen LogP contribution in [0.4, 0.5) is 0 Å². The maximum absolute atomic E-state index is 4.92. The fourth-order valence-corrected chi connectivity index (χ4v) is 0. The third-order valence-electron chi connectivity index (χ3n) is 0.272. The van der Waals surface area contributed by atoms with E-state index in [4.69, 9.17) is 1.01 Å². The average molecular weight is 341 g/mol. The zero-order valence-corrected chi connectivity index (χ0v) is 11.5. The van der Waals surface area contributed by atoms with E-state index in [1.807, 2.05) is 13.8 Å². The first kappa shape index (κ1) is 11.5. The molecule has 0 aromatic carbocycles. The molecule has 0 rings (SSSR count). The summed E-state index contributed by atoms with van der Waals surface area (Å²) in [5.41, 5.74) is 0. The molecule has 6 heavy (non-hydrogen) atoms. The SMILES string of the molecule is CC(C)[O][Pr].[Pr]. The molecule has 3 heteroatoms. The van der Waals surface area contributed by atoms with E-state index in [0.29, 0.717) is 45.9 Å². The fraction of sp³-hybridized carbons (Fsp3) is 1.00. The van der Waals surface area contributed by atoms with Crippen LogP contribution in [0, 0.1) is 81.1 Å². The molecule has 1 nitrogen and oxygen atoms in total. The van der Waals surface area contributed by atoms with Gasteiger partial charge in [-0.25, -0.2) is 0 Å². The zero-order chi connectivity index (χ0) is 4.28. The summed E-state index contributed by atoms with van der Waals surface area (Å²) in [6.07, 6.45) is 0.458. The van der Waals surface area contributed by atoms with E-state index in [2.05, 4.69) is 0 Å². The molecule has 0 saturated carbocycles. The largest absolute Gasteiger partial charge is 0 e. The first-order valence-electron chi connectivity index (χ1n) is 1.63. The molecule has 0 aromatic heterocycles. The third kappa shape index (κ3) is 9.85. The average Bonchev–Trinajstić information content (AvgIpc) is 1.38. The Bertz CT molecular complexity index is 22.8. The van der Waals surface area contributed by atoms with E-state index in [1.165, 1.54) is 0 Å². The van der Waals surface area contributed by atoms with E-state index in [1.54, 1.807) is 0 Å². The first-order chi connectivity index (χ1) is 2.27. The Labute approximate surface area is 99.6 Å². The van der Waals surface area contributed by atoms with Crippen molar-refractivity contribution in [2.45, 2.75) is 20.0 Å². The minimum atomic E-state index is 0. The van der Waals surface area contributed by atoms with Gasteiger partial charge in [0.15, 0.2) is 0 Å². The van der Waals surface area contributed by atoms with Gasteiger partial charge in [-0.3, -0.25) is 0 Å². The topological polar surface area (TPSA) is 9.23 Å². The maximum atomic E-state index is 4.92. The number of rotatable bonds is 1. The van der Waals surface area contributed by atoms with E-state index in [0.717, 1.165) is 0 Å². The summed E-state index contributed by atoms with van der Waals surface area (Å²) in [6.45, 7) is 4.08. The van der Waals surface area contributed by atoms with Crippen molar-refractivity contribution in [3.8, 4) is 0 Å². The Balaban J connectivity index is 0. The summed E-state index contributed by atoms with van der Waals surface area (Å²) in [4.78, 5) is 0. The molecule has 0 fully saturated rings. The normalized spacial score (nSPS) is 7.67. The van der Waals surface area contributed by atoms with Crippen molar-refractivity contribution >= 4 is 0 Å². The zero-order valence-electron chi connectivity index (χ0n) is 4.14. The Morgan fingerprint density at radius 1 is 1.50 bits per heavy atom. The van der Waals surface area contributed by atoms with E-state index >= 15 is 0 Å². The molecular formula is C3H7OPr2. The van der Waals surface area contributed by atoms with Crippen molar-refractivity contribution in [2.24, 2.45) is 0 Å². The molecule has 0 saturated heterocycles. The number of hydrogen-bond acceptors (Lipinski definition) is 1. The van der Waals surface area contributed by atoms with Gasteiger partial charge in [0.1, 0.15) is 0 Å². The quantitative estimate of drug-likeness (QED) is 0.688. The van der Waals surface area contributed by atoms with Crippen LogP contribution in [-0.4, -0.2) is 6.10 Å². The second kappa shape index (κ2) is 7.69. The Kier molecular flexibility index (Phi) is 14.7. The second-order valence-electron chi connectivity index (χ2n) is 1.18. The summed E-state index contributed by atoms with van der Waals surface area (Å²) < 4.78 is 4.92. The van der Waals surface area contributed by atoms with Gasteiger partial charge in [0.2, 0.25) is 0 Å². The Morgan fingerprint density at radius 3 is 1.67 bits per heavy atom. The van der Waals surface area contributed by atoms with Crippen LogP contribution in [0.2, 0.25) is 0 Å². The predicted octanol–water partition coefficient (Wildman–Crippen LogP) is 0.876. The summed E-state index contributed by atoms with van der Waals surface area (Å²) in [6, 6.07) is 0. The summed E-state index contributed by atoms with van der Waals surface area (Å²) in [5.74, 6) is 0. The summed E-state index contributed by atoms with van der Waals surface area (Å²) in [7, 11) is 0. The van der Waals surface area contributed by atoms with Crippen molar-refractivity contribution < 1.29 is 82.1 Å². The molecule has 0 aliphatic rings. The molecule has 0 spiro atoms. The van der Waals surface area contributed by atoms with Gasteiger partial charge in [-0.15, -0.1) is 0 Å². The van der Waals surface area contributed by atoms with Gasteiger partial charge in [-0.2, -0.15) is 0 Å². The monoisotopic (exact) mass is 341 g/mol. The van der Waals surface area contributed by atoms with Gasteiger partial charge >= 0.3 is 60.8 Å². The van der Waals surface area contributed by atoms with Crippen LogP contribution in [0.25, 0.3) is 0 Å². The standard InChI is InChI=1S/C3H7O.2Pr/c1-3(2)4;;/h3H,1-2H3;;/q-1;;+1. The number of hydrogen-bond donors (Lipinski definition) is 0. The summed E-state index contributed by atoms with van der Waals surface area (Å²) >= 11 is 0.708. The molecule has 0 amide bonds. The molecule has 0 bridgehead atoms. The van der Waals surface area contributed by atoms with Gasteiger partial charge in [0, 0.05) is 41.3 Å². The van der Waals surface area contributed by atoms with E-state index < -0.39 is 0 Å². The predicted molar refractivity (Wildman–Crippen MR) is 16.2 cm³/mol. The van der Waals surface area contributed by atoms with Crippen LogP contribution < -0.4 is 0 Å². The smallest absolute Gasteiger partial charge is 0 e. The van der Waals surface area contributed by atoms with Crippen molar-refractivity contribution in [3.63, 3.8) is 0 Å². The van der Waals surface area contributed by atoms with Crippen LogP contribution in [0.1, 0.15) is 13.8 Å². The molecule has 0 N–H and O–H groups in total. The van der Waals surface area contributed by atoms with Gasteiger partial charge < -0.3 is 0 Å². The molecular weight excluding hydrogens is 334 g/mol. The fourth-order valence-electron chi connectivity index (χ4n) is 0. The van der Waals surface area contributed by atoms with Crippen molar-refractivity contribution in [2.75, 3.05) is 0 Å². The minimum Gasteiger partial charge on any atom is 0 e. The second-order valence-corrected chi connectivity index (χ2v) is 2.06. The van der Waals surface area contributed by atoms with Crippen LogP contribution in [0.15, 0.2) is 0 Å². The van der Waals surface area contributed by atoms with Gasteiger partial charge in [-0.05, 0) is 0 Å². The van der Waals surface area contributed by atoms with E-state index in [9.17, 15) is 0 Å². The van der Waals surface area contributed by atoms with E-state index in [-0.39, 0.29) is 41.3 Å². The first-order valence-corrected chi connectivity index (χ1v) is 3.14. The van der Waals surface area contributed by atoms with Crippen LogP contribution in [-0.2, 0) is 1.01 Å². The van der Waals surface area contributed by atoms with Gasteiger partial charge in [-0.1, -0.05) is 0 Å². The Morgan fingerprint density at radius 2 is 1.67 bits per heavy atom. The van der Waals surface area contributed by atoms with Crippen LogP contribution in [0.5, 0.6) is 0 Å². The molecule has 0 aromatic rings.